The van der Waals surface area contributed by atoms with E-state index < -0.39 is 83.7 Å². The molecule has 1 aliphatic heterocycles. The van der Waals surface area contributed by atoms with E-state index in [1.54, 1.807) is 67.6 Å². The number of nitrogens with zero attached hydrogens (tertiary/aromatic N) is 1. The molecule has 12 N–H and O–H groups in total. The maximum atomic E-state index is 14.4. The van der Waals surface area contributed by atoms with E-state index in [2.05, 4.69) is 44.5 Å². The van der Waals surface area contributed by atoms with Gasteiger partial charge in [0.1, 0.15) is 36.3 Å². The first-order valence-corrected chi connectivity index (χ1v) is 22.2. The highest BCUT2D eigenvalue weighted by atomic mass is 32.1. The highest BCUT2D eigenvalue weighted by molar-refractivity contribution is 7.80. The average molecular weight is 895 g/mol. The van der Waals surface area contributed by atoms with Crippen molar-refractivity contribution < 1.29 is 38.7 Å². The lowest BCUT2D eigenvalue weighted by Gasteiger charge is -2.31. The first-order valence-electron chi connectivity index (χ1n) is 21.5. The van der Waals surface area contributed by atoms with Crippen molar-refractivity contribution in [2.24, 2.45) is 23.3 Å². The standard InChI is InChI=1S/C44H66N10O8S/c1-5-27(4)36(42(60)54-21-13-19-35(54)43(61)62)53-41(59)34(25-63)52-40(58)33(24-29-16-10-7-11-17-29)51-39(57)32(23-28-14-8-6-9-15-28)50-38(56)31(18-12-20-48-44(46)47)49-37(55)30(45)22-26(2)3/h6-11,14-17,26-27,30-36,63H,5,12-13,18-25,45H2,1-4H3,(H,49,55)(H,50,56)(H,51,57)(H,52,58)(H,53,59)(H,61,62)(H4,46,47,48)/t27-,30-,31-,32-,33-,34-,35-,36-/m0/s1. The van der Waals surface area contributed by atoms with Gasteiger partial charge in [-0.2, -0.15) is 12.6 Å². The molecule has 0 aromatic heterocycles. The van der Waals surface area contributed by atoms with Crippen molar-refractivity contribution in [3.8, 4) is 0 Å². The molecule has 19 heteroatoms. The number of carboxylic acids is 1. The Labute approximate surface area is 375 Å². The molecule has 1 heterocycles. The number of guanidine groups is 1. The fourth-order valence-electron chi connectivity index (χ4n) is 7.22. The van der Waals surface area contributed by atoms with Crippen LogP contribution in [-0.2, 0) is 46.4 Å². The van der Waals surface area contributed by atoms with E-state index in [0.717, 1.165) is 0 Å². The summed E-state index contributed by atoms with van der Waals surface area (Å²) in [5.41, 5.74) is 12.9. The molecule has 2 aromatic rings. The van der Waals surface area contributed by atoms with E-state index in [9.17, 15) is 38.7 Å². The summed E-state index contributed by atoms with van der Waals surface area (Å²) >= 11 is 4.34. The molecule has 0 aliphatic carbocycles. The number of nitrogens with two attached hydrogens (primary N) is 2. The van der Waals surface area contributed by atoms with Gasteiger partial charge < -0.3 is 53.4 Å². The number of nitrogens with one attached hydrogen (secondary N) is 7. The normalized spacial score (nSPS) is 16.9. The van der Waals surface area contributed by atoms with E-state index in [1.165, 1.54) is 4.90 Å². The predicted molar refractivity (Wildman–Crippen MR) is 242 cm³/mol. The summed E-state index contributed by atoms with van der Waals surface area (Å²) in [6.07, 6.45) is 2.08. The number of carbonyl (C=O) groups is 7. The second kappa shape index (κ2) is 26.1. The molecule has 0 saturated carbocycles. The largest absolute Gasteiger partial charge is 0.480 e. The van der Waals surface area contributed by atoms with Gasteiger partial charge in [-0.15, -0.1) is 0 Å². The molecule has 0 unspecified atom stereocenters. The predicted octanol–water partition coefficient (Wildman–Crippen LogP) is 0.584. The molecule has 3 rings (SSSR count). The van der Waals surface area contributed by atoms with Crippen LogP contribution >= 0.6 is 12.6 Å². The molecular weight excluding hydrogens is 829 g/mol. The second-order valence-electron chi connectivity index (χ2n) is 16.4. The van der Waals surface area contributed by atoms with Gasteiger partial charge in [-0.1, -0.05) is 94.8 Å². The second-order valence-corrected chi connectivity index (χ2v) is 16.8. The third kappa shape index (κ3) is 16.8. The SMILES string of the molecule is CC[C@H](C)[C@H](NC(=O)[C@H](CS)NC(=O)[C@H](Cc1ccccc1)NC(=O)[C@H](Cc1ccccc1)NC(=O)[C@H](CCCNC(=N)N)NC(=O)[C@@H](N)CC(C)C)C(=O)N1CCC[C@H]1C(=O)O. The maximum absolute atomic E-state index is 14.4. The molecule has 1 saturated heterocycles. The molecular formula is C44H66N10O8S. The third-order valence-corrected chi connectivity index (χ3v) is 11.3. The highest BCUT2D eigenvalue weighted by Gasteiger charge is 2.40. The van der Waals surface area contributed by atoms with Gasteiger partial charge in [0.25, 0.3) is 0 Å². The molecule has 63 heavy (non-hydrogen) atoms. The van der Waals surface area contributed by atoms with Crippen LogP contribution < -0.4 is 43.4 Å². The zero-order chi connectivity index (χ0) is 46.6. The van der Waals surface area contributed by atoms with Crippen molar-refractivity contribution in [2.45, 2.75) is 121 Å². The molecule has 0 radical (unpaired) electrons. The van der Waals surface area contributed by atoms with Crippen molar-refractivity contribution in [3.63, 3.8) is 0 Å². The van der Waals surface area contributed by atoms with E-state index in [0.29, 0.717) is 43.2 Å². The monoisotopic (exact) mass is 894 g/mol. The molecule has 18 nitrogen and oxygen atoms in total. The first-order chi connectivity index (χ1) is 29.9. The molecule has 0 spiro atoms. The maximum Gasteiger partial charge on any atom is 0.326 e. The van der Waals surface area contributed by atoms with Gasteiger partial charge >= 0.3 is 5.97 Å². The minimum atomic E-state index is -1.28. The minimum absolute atomic E-state index is 0.00393. The fraction of sp³-hybridized carbons (Fsp3) is 0.545. The van der Waals surface area contributed by atoms with Crippen LogP contribution in [0.25, 0.3) is 0 Å². The van der Waals surface area contributed by atoms with Crippen LogP contribution in [0, 0.1) is 17.2 Å². The number of thiol groups is 1. The Hall–Kier alpha value is -5.69. The van der Waals surface area contributed by atoms with Gasteiger partial charge in [0, 0.05) is 31.7 Å². The van der Waals surface area contributed by atoms with Gasteiger partial charge in [0.05, 0.1) is 6.04 Å². The number of amides is 6. The quantitative estimate of drug-likeness (QED) is 0.0284. The molecule has 1 aliphatic rings. The van der Waals surface area contributed by atoms with Crippen LogP contribution in [0.1, 0.15) is 77.3 Å². The van der Waals surface area contributed by atoms with Crippen molar-refractivity contribution in [1.29, 1.82) is 5.41 Å². The molecule has 346 valence electrons. The van der Waals surface area contributed by atoms with Gasteiger partial charge in [0.2, 0.25) is 35.4 Å². The smallest absolute Gasteiger partial charge is 0.326 e. The molecule has 8 atom stereocenters. The lowest BCUT2D eigenvalue weighted by molar-refractivity contribution is -0.150. The van der Waals surface area contributed by atoms with Gasteiger partial charge in [0.15, 0.2) is 5.96 Å². The van der Waals surface area contributed by atoms with Crippen LogP contribution in [0.3, 0.4) is 0 Å². The van der Waals surface area contributed by atoms with E-state index in [4.69, 9.17) is 16.9 Å². The third-order valence-electron chi connectivity index (χ3n) is 10.9. The summed E-state index contributed by atoms with van der Waals surface area (Å²) in [6.45, 7) is 7.91. The summed E-state index contributed by atoms with van der Waals surface area (Å²) in [7, 11) is 0. The van der Waals surface area contributed by atoms with E-state index in [1.807, 2.05) is 20.8 Å². The zero-order valence-electron chi connectivity index (χ0n) is 36.6. The van der Waals surface area contributed by atoms with Gasteiger partial charge in [-0.05, 0) is 55.1 Å². The van der Waals surface area contributed by atoms with E-state index in [-0.39, 0.29) is 55.9 Å². The molecule has 1 fully saturated rings. The summed E-state index contributed by atoms with van der Waals surface area (Å²) in [6, 6.07) is 9.85. The number of hydrogen-bond acceptors (Lipinski definition) is 10. The summed E-state index contributed by atoms with van der Waals surface area (Å²) in [5, 5.41) is 33.6. The van der Waals surface area contributed by atoms with E-state index >= 15 is 0 Å². The van der Waals surface area contributed by atoms with Gasteiger partial charge in [-0.3, -0.25) is 34.2 Å². The Morgan fingerprint density at radius 1 is 0.778 bits per heavy atom. The fourth-order valence-corrected chi connectivity index (χ4v) is 7.48. The summed E-state index contributed by atoms with van der Waals surface area (Å²) in [5.74, 6) is -5.78. The average Bonchev–Trinajstić information content (AvgIpc) is 3.76. The van der Waals surface area contributed by atoms with Crippen molar-refractivity contribution in [3.05, 3.63) is 71.8 Å². The topological polar surface area (TPSA) is 291 Å². The van der Waals surface area contributed by atoms with Crippen LogP contribution in [0.5, 0.6) is 0 Å². The Morgan fingerprint density at radius 2 is 1.27 bits per heavy atom. The van der Waals surface area contributed by atoms with Crippen LogP contribution in [0.4, 0.5) is 0 Å². The van der Waals surface area contributed by atoms with Crippen molar-refractivity contribution in [2.75, 3.05) is 18.8 Å². The van der Waals surface area contributed by atoms with Crippen LogP contribution in [0.15, 0.2) is 60.7 Å². The lowest BCUT2D eigenvalue weighted by atomic mass is 9.97. The number of carbonyl (C=O) groups excluding carboxylic acids is 6. The number of aliphatic carboxylic acids is 1. The number of benzene rings is 2. The first kappa shape index (κ1) is 51.7. The van der Waals surface area contributed by atoms with Gasteiger partial charge in [-0.25, -0.2) is 4.79 Å². The lowest BCUT2D eigenvalue weighted by Crippen LogP contribution is -2.61. The Balaban J connectivity index is 1.90. The Morgan fingerprint density at radius 3 is 1.75 bits per heavy atom. The Bertz CT molecular complexity index is 1860. The number of likely N-dealkylation sites (tertiary alicyclic amines) is 1. The summed E-state index contributed by atoms with van der Waals surface area (Å²) in [4.78, 5) is 96.5. The highest BCUT2D eigenvalue weighted by Crippen LogP contribution is 2.22. The Kier molecular flexibility index (Phi) is 21.4. The number of carboxylic acid groups (broad SMARTS) is 1. The molecule has 2 aromatic carbocycles. The molecule has 0 bridgehead atoms. The van der Waals surface area contributed by atoms with Crippen LogP contribution in [0.2, 0.25) is 0 Å². The number of rotatable bonds is 25. The van der Waals surface area contributed by atoms with Crippen molar-refractivity contribution >= 4 is 60.0 Å². The van der Waals surface area contributed by atoms with Crippen molar-refractivity contribution in [1.82, 2.24) is 36.8 Å². The summed E-state index contributed by atoms with van der Waals surface area (Å²) < 4.78 is 0. The zero-order valence-corrected chi connectivity index (χ0v) is 37.5. The molecule has 6 amide bonds. The van der Waals surface area contributed by atoms with Crippen LogP contribution in [-0.4, -0.2) is 119 Å². The number of hydrogen-bond donors (Lipinski definition) is 11. The minimum Gasteiger partial charge on any atom is -0.480 e.